The van der Waals surface area contributed by atoms with Gasteiger partial charge in [-0.2, -0.15) is 13.2 Å². The number of hydrogen-bond donors (Lipinski definition) is 1. The summed E-state index contributed by atoms with van der Waals surface area (Å²) in [5.41, 5.74) is -0.879. The Hall–Kier alpha value is -2.03. The monoisotopic (exact) mass is 432 g/mol. The van der Waals surface area contributed by atoms with Gasteiger partial charge in [0.05, 0.1) is 10.6 Å². The molecule has 2 aliphatic heterocycles. The van der Waals surface area contributed by atoms with Crippen molar-refractivity contribution in [1.29, 1.82) is 0 Å². The van der Waals surface area contributed by atoms with Crippen molar-refractivity contribution >= 4 is 29.2 Å². The zero-order valence-electron chi connectivity index (χ0n) is 16.1. The third-order valence-corrected chi connectivity index (χ3v) is 5.89. The lowest BCUT2D eigenvalue weighted by Gasteiger charge is -2.33. The minimum Gasteiger partial charge on any atom is -0.356 e. The predicted octanol–water partition coefficient (Wildman–Crippen LogP) is 2.95. The van der Waals surface area contributed by atoms with Gasteiger partial charge in [-0.3, -0.25) is 9.59 Å². The fourth-order valence-electron chi connectivity index (χ4n) is 3.85. The van der Waals surface area contributed by atoms with Gasteiger partial charge in [0.15, 0.2) is 0 Å². The van der Waals surface area contributed by atoms with Crippen LogP contribution in [0, 0.1) is 11.8 Å². The van der Waals surface area contributed by atoms with E-state index in [-0.39, 0.29) is 28.7 Å². The summed E-state index contributed by atoms with van der Waals surface area (Å²) >= 11 is 6.01. The zero-order valence-corrected chi connectivity index (χ0v) is 16.9. The van der Waals surface area contributed by atoms with Crippen molar-refractivity contribution in [2.45, 2.75) is 32.4 Å². The van der Waals surface area contributed by atoms with Gasteiger partial charge in [0.25, 0.3) is 0 Å². The fourth-order valence-corrected chi connectivity index (χ4v) is 4.13. The molecule has 10 heteroatoms. The standard InChI is InChI=1S/C19H24ClF3N4O2/c1-12(28)27-5-2-13(11-27)9-25-18(29)14-3-6-26(7-4-14)17-16(20)8-15(10-24-17)19(21,22)23/h8,10,13-14H,2-7,9,11H2,1H3,(H,25,29). The number of nitrogens with one attached hydrogen (secondary N) is 1. The molecule has 1 unspecified atom stereocenters. The molecule has 0 aliphatic carbocycles. The lowest BCUT2D eigenvalue weighted by Crippen LogP contribution is -2.42. The smallest absolute Gasteiger partial charge is 0.356 e. The SMILES string of the molecule is CC(=O)N1CCC(CNC(=O)C2CCN(c3ncc(C(F)(F)F)cc3Cl)CC2)C1. The van der Waals surface area contributed by atoms with Gasteiger partial charge in [-0.1, -0.05) is 11.6 Å². The summed E-state index contributed by atoms with van der Waals surface area (Å²) < 4.78 is 38.3. The van der Waals surface area contributed by atoms with E-state index in [1.807, 2.05) is 4.90 Å². The molecule has 1 aromatic rings. The summed E-state index contributed by atoms with van der Waals surface area (Å²) in [6, 6.07) is 0.884. The Morgan fingerprint density at radius 1 is 1.24 bits per heavy atom. The van der Waals surface area contributed by atoms with Gasteiger partial charge in [-0.15, -0.1) is 0 Å². The van der Waals surface area contributed by atoms with Crippen LogP contribution in [0.1, 0.15) is 31.7 Å². The lowest BCUT2D eigenvalue weighted by atomic mass is 9.95. The molecule has 160 valence electrons. The molecule has 0 saturated carbocycles. The molecule has 1 aromatic heterocycles. The number of hydrogen-bond acceptors (Lipinski definition) is 4. The number of carbonyl (C=O) groups is 2. The number of alkyl halides is 3. The van der Waals surface area contributed by atoms with Crippen LogP contribution in [0.3, 0.4) is 0 Å². The van der Waals surface area contributed by atoms with Crippen LogP contribution in [0.4, 0.5) is 19.0 Å². The number of pyridine rings is 1. The van der Waals surface area contributed by atoms with Crippen LogP contribution in [-0.2, 0) is 15.8 Å². The van der Waals surface area contributed by atoms with E-state index in [4.69, 9.17) is 11.6 Å². The van der Waals surface area contributed by atoms with E-state index in [0.29, 0.717) is 44.8 Å². The largest absolute Gasteiger partial charge is 0.417 e. The zero-order chi connectivity index (χ0) is 21.2. The maximum absolute atomic E-state index is 12.8. The van der Waals surface area contributed by atoms with Crippen molar-refractivity contribution < 1.29 is 22.8 Å². The quantitative estimate of drug-likeness (QED) is 0.794. The van der Waals surface area contributed by atoms with Crippen LogP contribution in [-0.4, -0.2) is 54.4 Å². The number of amides is 2. The summed E-state index contributed by atoms with van der Waals surface area (Å²) in [4.78, 5) is 31.3. The number of likely N-dealkylation sites (tertiary alicyclic amines) is 1. The highest BCUT2D eigenvalue weighted by atomic mass is 35.5. The molecule has 0 bridgehead atoms. The Morgan fingerprint density at radius 2 is 1.93 bits per heavy atom. The van der Waals surface area contributed by atoms with Gasteiger partial charge in [0.2, 0.25) is 11.8 Å². The number of anilines is 1. The normalized spacial score (nSPS) is 20.8. The molecule has 2 saturated heterocycles. The third kappa shape index (κ3) is 5.32. The molecule has 0 spiro atoms. The molecule has 0 radical (unpaired) electrons. The molecule has 3 rings (SSSR count). The lowest BCUT2D eigenvalue weighted by molar-refractivity contribution is -0.137. The average molecular weight is 433 g/mol. The van der Waals surface area contributed by atoms with Crippen molar-refractivity contribution in [3.8, 4) is 0 Å². The number of aromatic nitrogens is 1. The van der Waals surface area contributed by atoms with Gasteiger partial charge in [0.1, 0.15) is 5.82 Å². The van der Waals surface area contributed by atoms with Crippen molar-refractivity contribution in [1.82, 2.24) is 15.2 Å². The minimum atomic E-state index is -4.49. The van der Waals surface area contributed by atoms with Gasteiger partial charge in [-0.05, 0) is 31.2 Å². The molecule has 1 atom stereocenters. The second-order valence-electron chi connectivity index (χ2n) is 7.65. The predicted molar refractivity (Wildman–Crippen MR) is 103 cm³/mol. The van der Waals surface area contributed by atoms with Crippen LogP contribution in [0.25, 0.3) is 0 Å². The minimum absolute atomic E-state index is 0.0163. The van der Waals surface area contributed by atoms with E-state index >= 15 is 0 Å². The van der Waals surface area contributed by atoms with E-state index in [1.54, 1.807) is 11.8 Å². The molecule has 0 aromatic carbocycles. The Kier molecular flexibility index (Phi) is 6.55. The summed E-state index contributed by atoms with van der Waals surface area (Å²) in [6.07, 6.45) is -1.66. The maximum atomic E-state index is 12.8. The number of rotatable bonds is 4. The van der Waals surface area contributed by atoms with Crippen molar-refractivity contribution in [3.05, 3.63) is 22.8 Å². The molecule has 2 amide bonds. The summed E-state index contributed by atoms with van der Waals surface area (Å²) in [6.45, 7) is 4.50. The van der Waals surface area contributed by atoms with E-state index in [0.717, 1.165) is 25.2 Å². The first kappa shape index (κ1) is 21.7. The number of halogens is 4. The van der Waals surface area contributed by atoms with E-state index in [9.17, 15) is 22.8 Å². The van der Waals surface area contributed by atoms with Gasteiger partial charge >= 0.3 is 6.18 Å². The first-order chi connectivity index (χ1) is 13.6. The van der Waals surface area contributed by atoms with Crippen LogP contribution >= 0.6 is 11.6 Å². The summed E-state index contributed by atoms with van der Waals surface area (Å²) in [5, 5.41) is 2.94. The Morgan fingerprint density at radius 3 is 2.48 bits per heavy atom. The molecule has 6 nitrogen and oxygen atoms in total. The highest BCUT2D eigenvalue weighted by Crippen LogP contribution is 2.34. The van der Waals surface area contributed by atoms with E-state index in [1.165, 1.54) is 0 Å². The Labute approximate surface area is 172 Å². The molecular weight excluding hydrogens is 409 g/mol. The third-order valence-electron chi connectivity index (χ3n) is 5.61. The second kappa shape index (κ2) is 8.77. The summed E-state index contributed by atoms with van der Waals surface area (Å²) in [7, 11) is 0. The molecule has 2 fully saturated rings. The number of piperidine rings is 1. The van der Waals surface area contributed by atoms with Gasteiger partial charge in [0, 0.05) is 51.8 Å². The molecule has 29 heavy (non-hydrogen) atoms. The first-order valence-electron chi connectivity index (χ1n) is 9.66. The Balaban J connectivity index is 1.48. The maximum Gasteiger partial charge on any atom is 0.417 e. The second-order valence-corrected chi connectivity index (χ2v) is 8.06. The van der Waals surface area contributed by atoms with E-state index < -0.39 is 11.7 Å². The van der Waals surface area contributed by atoms with E-state index in [2.05, 4.69) is 10.3 Å². The molecule has 1 N–H and O–H groups in total. The average Bonchev–Trinajstić information content (AvgIpc) is 3.15. The number of carbonyl (C=O) groups excluding carboxylic acids is 2. The highest BCUT2D eigenvalue weighted by Gasteiger charge is 2.33. The fraction of sp³-hybridized carbons (Fsp3) is 0.632. The van der Waals surface area contributed by atoms with Gasteiger partial charge < -0.3 is 15.1 Å². The van der Waals surface area contributed by atoms with Crippen molar-refractivity contribution in [2.75, 3.05) is 37.6 Å². The van der Waals surface area contributed by atoms with Crippen LogP contribution in [0.5, 0.6) is 0 Å². The van der Waals surface area contributed by atoms with Crippen LogP contribution in [0.2, 0.25) is 5.02 Å². The topological polar surface area (TPSA) is 65.5 Å². The van der Waals surface area contributed by atoms with Crippen LogP contribution in [0.15, 0.2) is 12.3 Å². The highest BCUT2D eigenvalue weighted by molar-refractivity contribution is 6.33. The summed E-state index contributed by atoms with van der Waals surface area (Å²) in [5.74, 6) is 0.482. The first-order valence-corrected chi connectivity index (χ1v) is 10.0. The number of nitrogens with zero attached hydrogens (tertiary/aromatic N) is 3. The van der Waals surface area contributed by atoms with Gasteiger partial charge in [-0.25, -0.2) is 4.98 Å². The van der Waals surface area contributed by atoms with Crippen molar-refractivity contribution in [2.24, 2.45) is 11.8 Å². The van der Waals surface area contributed by atoms with Crippen molar-refractivity contribution in [3.63, 3.8) is 0 Å². The Bertz CT molecular complexity index is 766. The molecule has 3 heterocycles. The van der Waals surface area contributed by atoms with Crippen LogP contribution < -0.4 is 10.2 Å². The molecular formula is C19H24ClF3N4O2. The molecule has 2 aliphatic rings.